The fourth-order valence-electron chi connectivity index (χ4n) is 4.83. The van der Waals surface area contributed by atoms with E-state index >= 15 is 0 Å². The Morgan fingerprint density at radius 2 is 1.63 bits per heavy atom. The lowest BCUT2D eigenvalue weighted by atomic mass is 10.0. The molecule has 0 aliphatic rings. The SMILES string of the molecule is C=CCc1cc(C)c(NC(=O)Nc2cc(-c3cccc(F)c3)ccc2C(=O)N[C@H](C(=O)OC)[C@@H](C)OC(C)(C)C)c(C)c1. The van der Waals surface area contributed by atoms with Crippen molar-refractivity contribution in [1.29, 1.82) is 0 Å². The second-order valence-electron chi connectivity index (χ2n) is 11.4. The topological polar surface area (TPSA) is 106 Å². The van der Waals surface area contributed by atoms with E-state index in [0.717, 1.165) is 16.7 Å². The van der Waals surface area contributed by atoms with Crippen LogP contribution in [0.1, 0.15) is 54.7 Å². The van der Waals surface area contributed by atoms with Gasteiger partial charge in [0, 0.05) is 5.69 Å². The van der Waals surface area contributed by atoms with Crippen LogP contribution in [0.4, 0.5) is 20.6 Å². The van der Waals surface area contributed by atoms with Crippen LogP contribution in [0.2, 0.25) is 0 Å². The van der Waals surface area contributed by atoms with Gasteiger partial charge in [0.15, 0.2) is 6.04 Å². The molecule has 3 aromatic carbocycles. The predicted octanol–water partition coefficient (Wildman–Crippen LogP) is 6.96. The van der Waals surface area contributed by atoms with Crippen molar-refractivity contribution in [3.8, 4) is 11.1 Å². The van der Waals surface area contributed by atoms with Gasteiger partial charge in [0.1, 0.15) is 5.82 Å². The number of methoxy groups -OCH3 is 1. The highest BCUT2D eigenvalue weighted by Crippen LogP contribution is 2.28. The number of carbonyl (C=O) groups excluding carboxylic acids is 3. The third-order valence-electron chi connectivity index (χ3n) is 6.63. The normalized spacial score (nSPS) is 12.6. The van der Waals surface area contributed by atoms with Gasteiger partial charge in [-0.3, -0.25) is 4.79 Å². The van der Waals surface area contributed by atoms with Gasteiger partial charge in [-0.15, -0.1) is 6.58 Å². The zero-order chi connectivity index (χ0) is 31.9. The van der Waals surface area contributed by atoms with E-state index in [-0.39, 0.29) is 11.3 Å². The first kappa shape index (κ1) is 33.0. The number of hydrogen-bond acceptors (Lipinski definition) is 5. The fraction of sp³-hybridized carbons (Fsp3) is 0.324. The summed E-state index contributed by atoms with van der Waals surface area (Å²) in [6, 6.07) is 13.0. The minimum atomic E-state index is -1.12. The molecule has 43 heavy (non-hydrogen) atoms. The number of halogens is 1. The van der Waals surface area contributed by atoms with Crippen LogP contribution >= 0.6 is 0 Å². The maximum Gasteiger partial charge on any atom is 0.331 e. The first-order valence-corrected chi connectivity index (χ1v) is 14.0. The molecule has 0 radical (unpaired) electrons. The second kappa shape index (κ2) is 14.1. The summed E-state index contributed by atoms with van der Waals surface area (Å²) in [5, 5.41) is 8.35. The highest BCUT2D eigenvalue weighted by Gasteiger charge is 2.32. The summed E-state index contributed by atoms with van der Waals surface area (Å²) in [6.07, 6.45) is 1.79. The van der Waals surface area contributed by atoms with Crippen molar-refractivity contribution >= 4 is 29.3 Å². The van der Waals surface area contributed by atoms with Gasteiger partial charge >= 0.3 is 12.0 Å². The van der Waals surface area contributed by atoms with E-state index in [1.807, 2.05) is 52.8 Å². The Morgan fingerprint density at radius 1 is 0.977 bits per heavy atom. The zero-order valence-corrected chi connectivity index (χ0v) is 25.8. The molecule has 0 unspecified atom stereocenters. The highest BCUT2D eigenvalue weighted by atomic mass is 19.1. The maximum absolute atomic E-state index is 14.0. The zero-order valence-electron chi connectivity index (χ0n) is 25.8. The molecule has 0 fully saturated rings. The molecule has 3 N–H and O–H groups in total. The number of hydrogen-bond donors (Lipinski definition) is 3. The van der Waals surface area contributed by atoms with Gasteiger partial charge in [0.2, 0.25) is 0 Å². The Balaban J connectivity index is 1.98. The van der Waals surface area contributed by atoms with Crippen molar-refractivity contribution in [2.45, 2.75) is 65.7 Å². The van der Waals surface area contributed by atoms with E-state index in [1.165, 1.54) is 25.3 Å². The number of ether oxygens (including phenoxy) is 2. The van der Waals surface area contributed by atoms with E-state index in [9.17, 15) is 18.8 Å². The first-order valence-electron chi connectivity index (χ1n) is 14.0. The number of nitrogens with one attached hydrogen (secondary N) is 3. The van der Waals surface area contributed by atoms with Crippen molar-refractivity contribution in [3.63, 3.8) is 0 Å². The summed E-state index contributed by atoms with van der Waals surface area (Å²) in [5.41, 5.74) is 4.22. The third-order valence-corrected chi connectivity index (χ3v) is 6.63. The molecule has 3 aromatic rings. The molecule has 0 saturated carbocycles. The van der Waals surface area contributed by atoms with Crippen LogP contribution in [0, 0.1) is 19.7 Å². The van der Waals surface area contributed by atoms with Gasteiger partial charge in [-0.05, 0) is 100 Å². The van der Waals surface area contributed by atoms with Gasteiger partial charge < -0.3 is 25.4 Å². The molecule has 3 rings (SSSR count). The number of esters is 1. The smallest absolute Gasteiger partial charge is 0.331 e. The summed E-state index contributed by atoms with van der Waals surface area (Å²) in [4.78, 5) is 39.5. The summed E-state index contributed by atoms with van der Waals surface area (Å²) in [5.74, 6) is -1.74. The highest BCUT2D eigenvalue weighted by molar-refractivity contribution is 6.08. The van der Waals surface area contributed by atoms with Crippen LogP contribution in [0.15, 0.2) is 67.3 Å². The molecule has 0 aliphatic heterocycles. The molecule has 3 amide bonds. The summed E-state index contributed by atoms with van der Waals surface area (Å²) in [6.45, 7) is 14.7. The molecule has 8 nitrogen and oxygen atoms in total. The molecule has 228 valence electrons. The van der Waals surface area contributed by atoms with Crippen LogP contribution in [0.5, 0.6) is 0 Å². The van der Waals surface area contributed by atoms with Crippen molar-refractivity contribution in [1.82, 2.24) is 5.32 Å². The summed E-state index contributed by atoms with van der Waals surface area (Å²) < 4.78 is 24.9. The van der Waals surface area contributed by atoms with E-state index in [4.69, 9.17) is 9.47 Å². The lowest BCUT2D eigenvalue weighted by Crippen LogP contribution is -2.51. The van der Waals surface area contributed by atoms with E-state index < -0.39 is 41.5 Å². The molecule has 9 heteroatoms. The maximum atomic E-state index is 14.0. The minimum Gasteiger partial charge on any atom is -0.467 e. The predicted molar refractivity (Wildman–Crippen MR) is 168 cm³/mol. The lowest BCUT2D eigenvalue weighted by Gasteiger charge is -2.30. The summed E-state index contributed by atoms with van der Waals surface area (Å²) >= 11 is 0. The summed E-state index contributed by atoms with van der Waals surface area (Å²) in [7, 11) is 1.23. The number of benzene rings is 3. The number of aryl methyl sites for hydroxylation is 2. The molecule has 2 atom stereocenters. The number of carbonyl (C=O) groups is 3. The Kier molecular flexibility index (Phi) is 10.8. The Bertz CT molecular complexity index is 1490. The monoisotopic (exact) mass is 589 g/mol. The van der Waals surface area contributed by atoms with Crippen LogP contribution in [0.3, 0.4) is 0 Å². The molecular formula is C34H40FN3O5. The average Bonchev–Trinajstić information content (AvgIpc) is 2.92. The fourth-order valence-corrected chi connectivity index (χ4v) is 4.83. The number of anilines is 2. The molecule has 0 spiro atoms. The molecule has 0 aliphatic carbocycles. The standard InChI is InChI=1S/C34H40FN3O5/c1-9-11-23-16-20(2)29(21(3)17-23)38-33(41)36-28-19-25(24-12-10-13-26(35)18-24)14-15-27(28)31(39)37-30(32(40)42-8)22(4)43-34(5,6)7/h9-10,12-19,22,30H,1,11H2,2-8H3,(H,37,39)(H2,36,38,41)/t22-,30+/m1/s1. The van der Waals surface area contributed by atoms with E-state index in [1.54, 1.807) is 31.2 Å². The number of allylic oxidation sites excluding steroid dienone is 1. The van der Waals surface area contributed by atoms with E-state index in [2.05, 4.69) is 22.5 Å². The van der Waals surface area contributed by atoms with Crippen LogP contribution in [-0.2, 0) is 20.7 Å². The second-order valence-corrected chi connectivity index (χ2v) is 11.4. The average molecular weight is 590 g/mol. The Labute approximate surface area is 252 Å². The van der Waals surface area contributed by atoms with Crippen LogP contribution < -0.4 is 16.0 Å². The van der Waals surface area contributed by atoms with Crippen molar-refractivity contribution < 1.29 is 28.2 Å². The lowest BCUT2D eigenvalue weighted by molar-refractivity contribution is -0.150. The molecular weight excluding hydrogens is 549 g/mol. The molecule has 0 heterocycles. The number of rotatable bonds is 10. The largest absolute Gasteiger partial charge is 0.467 e. The van der Waals surface area contributed by atoms with Gasteiger partial charge in [0.05, 0.1) is 30.1 Å². The molecule has 0 saturated heterocycles. The van der Waals surface area contributed by atoms with Gasteiger partial charge in [-0.1, -0.05) is 36.4 Å². The first-order chi connectivity index (χ1) is 20.2. The van der Waals surface area contributed by atoms with Crippen molar-refractivity contribution in [3.05, 3.63) is 95.3 Å². The van der Waals surface area contributed by atoms with Crippen LogP contribution in [0.25, 0.3) is 11.1 Å². The van der Waals surface area contributed by atoms with Crippen LogP contribution in [-0.4, -0.2) is 42.8 Å². The van der Waals surface area contributed by atoms with Crippen molar-refractivity contribution in [2.75, 3.05) is 17.7 Å². The van der Waals surface area contributed by atoms with Gasteiger partial charge in [-0.25, -0.2) is 14.0 Å². The third kappa shape index (κ3) is 8.99. The van der Waals surface area contributed by atoms with Gasteiger partial charge in [0.25, 0.3) is 5.91 Å². The quantitative estimate of drug-likeness (QED) is 0.175. The Morgan fingerprint density at radius 3 is 2.21 bits per heavy atom. The minimum absolute atomic E-state index is 0.0851. The van der Waals surface area contributed by atoms with E-state index in [0.29, 0.717) is 23.2 Å². The number of amides is 3. The van der Waals surface area contributed by atoms with Gasteiger partial charge in [-0.2, -0.15) is 0 Å². The molecule has 0 aromatic heterocycles. The van der Waals surface area contributed by atoms with Crippen molar-refractivity contribution in [2.24, 2.45) is 0 Å². The number of urea groups is 1. The Hall–Kier alpha value is -4.50. The molecule has 0 bridgehead atoms.